The molecule has 0 aliphatic carbocycles. The summed E-state index contributed by atoms with van der Waals surface area (Å²) in [7, 11) is -2.02. The molecule has 0 saturated carbocycles. The third kappa shape index (κ3) is 3.81. The maximum Gasteiger partial charge on any atom is 0.298 e. The second-order valence-electron chi connectivity index (χ2n) is 5.59. The second-order valence-corrected chi connectivity index (χ2v) is 11.2. The first-order valence-corrected chi connectivity index (χ1v) is 9.32. The third-order valence-electron chi connectivity index (χ3n) is 3.07. The number of nitrogens with zero attached hydrogens (tertiary/aromatic N) is 1. The summed E-state index contributed by atoms with van der Waals surface area (Å²) in [6.45, 7) is 10.4. The third-order valence-corrected chi connectivity index (χ3v) is 8.14. The lowest BCUT2D eigenvalue weighted by Crippen LogP contribution is -2.43. The second kappa shape index (κ2) is 4.78. The Labute approximate surface area is 107 Å². The highest BCUT2D eigenvalue weighted by Gasteiger charge is 2.40. The summed E-state index contributed by atoms with van der Waals surface area (Å²) in [5.41, 5.74) is 6.21. The van der Waals surface area contributed by atoms with Crippen LogP contribution >= 0.6 is 11.3 Å². The van der Waals surface area contributed by atoms with Gasteiger partial charge in [0.25, 0.3) is 14.3 Å². The van der Waals surface area contributed by atoms with E-state index in [2.05, 4.69) is 38.8 Å². The Balaban J connectivity index is 2.62. The van der Waals surface area contributed by atoms with Crippen molar-refractivity contribution >= 4 is 30.8 Å². The number of anilines is 1. The Morgan fingerprint density at radius 2 is 2.12 bits per heavy atom. The molecule has 0 unspecified atom stereocenters. The number of aromatic nitrogens is 1. The zero-order valence-electron chi connectivity index (χ0n) is 11.0. The SMILES string of the molecule is CC(C)(C)[Si](C)(C)OC(=O)Cc1csc(N)n1. The number of thiazole rings is 1. The van der Waals surface area contributed by atoms with Crippen LogP contribution in [0, 0.1) is 0 Å². The van der Waals surface area contributed by atoms with Gasteiger partial charge in [0.2, 0.25) is 0 Å². The lowest BCUT2D eigenvalue weighted by atomic mass is 10.2. The molecule has 0 spiro atoms. The van der Waals surface area contributed by atoms with Crippen LogP contribution < -0.4 is 5.73 Å². The Bertz CT molecular complexity index is 410. The van der Waals surface area contributed by atoms with E-state index in [4.69, 9.17) is 10.2 Å². The van der Waals surface area contributed by atoms with Gasteiger partial charge < -0.3 is 10.2 Å². The van der Waals surface area contributed by atoms with Crippen LogP contribution in [0.5, 0.6) is 0 Å². The van der Waals surface area contributed by atoms with Crippen LogP contribution in [-0.4, -0.2) is 19.3 Å². The molecule has 1 aromatic rings. The van der Waals surface area contributed by atoms with E-state index >= 15 is 0 Å². The summed E-state index contributed by atoms with van der Waals surface area (Å²) in [5.74, 6) is -0.207. The van der Waals surface area contributed by atoms with Crippen LogP contribution in [0.15, 0.2) is 5.38 Å². The van der Waals surface area contributed by atoms with Gasteiger partial charge in [-0.1, -0.05) is 20.8 Å². The van der Waals surface area contributed by atoms with Gasteiger partial charge in [-0.2, -0.15) is 0 Å². The lowest BCUT2D eigenvalue weighted by Gasteiger charge is -2.35. The van der Waals surface area contributed by atoms with Gasteiger partial charge in [0.05, 0.1) is 12.1 Å². The average Bonchev–Trinajstić information content (AvgIpc) is 2.47. The van der Waals surface area contributed by atoms with E-state index in [1.165, 1.54) is 11.3 Å². The van der Waals surface area contributed by atoms with Crippen LogP contribution in [0.2, 0.25) is 18.1 Å². The Kier molecular flexibility index (Phi) is 3.98. The number of carbonyl (C=O) groups is 1. The smallest absolute Gasteiger partial charge is 0.298 e. The summed E-state index contributed by atoms with van der Waals surface area (Å²) < 4.78 is 5.64. The summed E-state index contributed by atoms with van der Waals surface area (Å²) in [6.07, 6.45) is 0.209. The van der Waals surface area contributed by atoms with Gasteiger partial charge in [-0.25, -0.2) is 4.98 Å². The van der Waals surface area contributed by atoms with Gasteiger partial charge in [-0.3, -0.25) is 4.79 Å². The minimum absolute atomic E-state index is 0.0315. The van der Waals surface area contributed by atoms with Crippen LogP contribution in [-0.2, 0) is 15.6 Å². The van der Waals surface area contributed by atoms with Crippen LogP contribution in [0.3, 0.4) is 0 Å². The zero-order valence-corrected chi connectivity index (χ0v) is 12.9. The molecule has 2 N–H and O–H groups in total. The maximum atomic E-state index is 11.8. The molecule has 1 rings (SSSR count). The Morgan fingerprint density at radius 1 is 1.53 bits per heavy atom. The fourth-order valence-electron chi connectivity index (χ4n) is 1.03. The molecule has 4 nitrogen and oxygen atoms in total. The van der Waals surface area contributed by atoms with Crippen LogP contribution in [0.25, 0.3) is 0 Å². The first kappa shape index (κ1) is 14.2. The fourth-order valence-corrected chi connectivity index (χ4v) is 2.54. The van der Waals surface area contributed by atoms with Crippen LogP contribution in [0.1, 0.15) is 26.5 Å². The highest BCUT2D eigenvalue weighted by molar-refractivity contribution is 7.13. The fraction of sp³-hybridized carbons (Fsp3) is 0.636. The molecule has 0 amide bonds. The molecule has 0 atom stereocenters. The van der Waals surface area contributed by atoms with Gasteiger partial charge in [-0.05, 0) is 18.1 Å². The lowest BCUT2D eigenvalue weighted by molar-refractivity contribution is -0.134. The van der Waals surface area contributed by atoms with Crippen molar-refractivity contribution in [3.63, 3.8) is 0 Å². The van der Waals surface area contributed by atoms with Crippen molar-refractivity contribution < 1.29 is 9.22 Å². The van der Waals surface area contributed by atoms with Crippen molar-refractivity contribution in [3.05, 3.63) is 11.1 Å². The van der Waals surface area contributed by atoms with Crippen molar-refractivity contribution in [1.29, 1.82) is 0 Å². The monoisotopic (exact) mass is 272 g/mol. The number of hydrogen-bond acceptors (Lipinski definition) is 5. The Hall–Kier alpha value is -0.883. The first-order valence-electron chi connectivity index (χ1n) is 5.53. The molecule has 0 aliphatic rings. The molecule has 0 bridgehead atoms. The van der Waals surface area contributed by atoms with E-state index in [0.717, 1.165) is 0 Å². The molecule has 17 heavy (non-hydrogen) atoms. The first-order chi connectivity index (χ1) is 7.62. The topological polar surface area (TPSA) is 65.2 Å². The molecule has 0 saturated heterocycles. The van der Waals surface area contributed by atoms with E-state index in [0.29, 0.717) is 10.8 Å². The molecular formula is C11H20N2O2SSi. The quantitative estimate of drug-likeness (QED) is 0.859. The van der Waals surface area contributed by atoms with E-state index in [1.807, 2.05) is 0 Å². The molecule has 0 aliphatic heterocycles. The minimum atomic E-state index is -2.02. The van der Waals surface area contributed by atoms with Gasteiger partial charge >= 0.3 is 0 Å². The van der Waals surface area contributed by atoms with Crippen molar-refractivity contribution in [2.24, 2.45) is 0 Å². The highest BCUT2D eigenvalue weighted by Crippen LogP contribution is 2.36. The normalized spacial score (nSPS) is 12.5. The van der Waals surface area contributed by atoms with E-state index < -0.39 is 8.32 Å². The van der Waals surface area contributed by atoms with Crippen molar-refractivity contribution in [3.8, 4) is 0 Å². The predicted molar refractivity (Wildman–Crippen MR) is 73.5 cm³/mol. The average molecular weight is 272 g/mol. The Morgan fingerprint density at radius 3 is 2.53 bits per heavy atom. The van der Waals surface area contributed by atoms with E-state index in [1.54, 1.807) is 5.38 Å². The standard InChI is InChI=1S/C11H20N2O2SSi/c1-11(2,3)17(4,5)15-9(14)6-8-7-16-10(12)13-8/h7H,6H2,1-5H3,(H2,12,13). The summed E-state index contributed by atoms with van der Waals surface area (Å²) >= 11 is 1.34. The molecule has 0 fully saturated rings. The molecular weight excluding hydrogens is 252 g/mol. The number of rotatable bonds is 3. The molecule has 6 heteroatoms. The summed E-state index contributed by atoms with van der Waals surface area (Å²) in [4.78, 5) is 15.9. The van der Waals surface area contributed by atoms with Gasteiger partial charge in [0.1, 0.15) is 0 Å². The highest BCUT2D eigenvalue weighted by atomic mass is 32.1. The number of nitrogen functional groups attached to an aromatic ring is 1. The molecule has 1 heterocycles. The van der Waals surface area contributed by atoms with E-state index in [-0.39, 0.29) is 17.4 Å². The van der Waals surface area contributed by atoms with Gasteiger partial charge in [-0.15, -0.1) is 11.3 Å². The van der Waals surface area contributed by atoms with E-state index in [9.17, 15) is 4.79 Å². The predicted octanol–water partition coefficient (Wildman–Crippen LogP) is 2.82. The number of hydrogen-bond donors (Lipinski definition) is 1. The maximum absolute atomic E-state index is 11.8. The molecule has 0 radical (unpaired) electrons. The minimum Gasteiger partial charge on any atom is -0.519 e. The molecule has 0 aromatic carbocycles. The largest absolute Gasteiger partial charge is 0.519 e. The zero-order chi connectivity index (χ0) is 13.3. The van der Waals surface area contributed by atoms with Gasteiger partial charge in [0.15, 0.2) is 5.13 Å². The van der Waals surface area contributed by atoms with Crippen LogP contribution in [0.4, 0.5) is 5.13 Å². The summed E-state index contributed by atoms with van der Waals surface area (Å²) in [5, 5.41) is 2.31. The molecule has 96 valence electrons. The molecule has 1 aromatic heterocycles. The van der Waals surface area contributed by atoms with Crippen molar-refractivity contribution in [1.82, 2.24) is 4.98 Å². The number of carbonyl (C=O) groups excluding carboxylic acids is 1. The van der Waals surface area contributed by atoms with Crippen molar-refractivity contribution in [2.45, 2.75) is 45.3 Å². The van der Waals surface area contributed by atoms with Crippen molar-refractivity contribution in [2.75, 3.05) is 5.73 Å². The summed E-state index contributed by atoms with van der Waals surface area (Å²) in [6, 6.07) is 0. The van der Waals surface area contributed by atoms with Gasteiger partial charge in [0, 0.05) is 5.38 Å². The number of nitrogens with two attached hydrogens (primary N) is 1.